The molecular weight excluding hydrogens is 300 g/mol. The fourth-order valence-corrected chi connectivity index (χ4v) is 3.57. The van der Waals surface area contributed by atoms with Crippen molar-refractivity contribution in [3.05, 3.63) is 0 Å². The summed E-state index contributed by atoms with van der Waals surface area (Å²) in [6.45, 7) is 11.2. The molecule has 0 N–H and O–H groups in total. The van der Waals surface area contributed by atoms with E-state index >= 15 is 0 Å². The second-order valence-electron chi connectivity index (χ2n) is 6.11. The minimum atomic E-state index is -0.412. The van der Waals surface area contributed by atoms with Crippen molar-refractivity contribution in [3.8, 4) is 0 Å². The zero-order chi connectivity index (χ0) is 14.8. The Hall–Kier alpha value is -0.400. The second kappa shape index (κ2) is 5.93. The second-order valence-corrected chi connectivity index (χ2v) is 9.53. The van der Waals surface area contributed by atoms with Crippen LogP contribution in [0.5, 0.6) is 0 Å². The zero-order valence-corrected chi connectivity index (χ0v) is 14.4. The first kappa shape index (κ1) is 16.7. The molecule has 0 amide bonds. The number of hydrogen-bond acceptors (Lipinski definition) is 7. The maximum Gasteiger partial charge on any atom is 0.201 e. The van der Waals surface area contributed by atoms with Crippen molar-refractivity contribution in [2.75, 3.05) is 0 Å². The van der Waals surface area contributed by atoms with Gasteiger partial charge in [0.05, 0.1) is 0 Å². The normalized spacial score (nSPS) is 12.5. The number of thioether (sulfide) groups is 2. The third-order valence-electron chi connectivity index (χ3n) is 1.97. The third kappa shape index (κ3) is 5.24. The predicted octanol–water partition coefficient (Wildman–Crippen LogP) is 3.87. The van der Waals surface area contributed by atoms with Crippen molar-refractivity contribution in [3.63, 3.8) is 0 Å². The van der Waals surface area contributed by atoms with Crippen LogP contribution in [0.1, 0.15) is 41.5 Å². The van der Waals surface area contributed by atoms with Gasteiger partial charge >= 0.3 is 0 Å². The van der Waals surface area contributed by atoms with Gasteiger partial charge < -0.3 is 0 Å². The molecule has 4 nitrogen and oxygen atoms in total. The fourth-order valence-electron chi connectivity index (χ4n) is 0.744. The lowest BCUT2D eigenvalue weighted by atomic mass is 9.99. The van der Waals surface area contributed by atoms with Crippen LogP contribution in [0.25, 0.3) is 0 Å². The van der Waals surface area contributed by atoms with Crippen LogP contribution in [0.2, 0.25) is 0 Å². The lowest BCUT2D eigenvalue weighted by molar-refractivity contribution is -0.118. The molecule has 0 aromatic carbocycles. The van der Waals surface area contributed by atoms with Crippen molar-refractivity contribution in [2.45, 2.75) is 50.2 Å². The highest BCUT2D eigenvalue weighted by atomic mass is 32.2. The zero-order valence-electron chi connectivity index (χ0n) is 11.9. The first-order valence-electron chi connectivity index (χ1n) is 5.78. The number of carbonyl (C=O) groups is 2. The van der Waals surface area contributed by atoms with Crippen LogP contribution < -0.4 is 0 Å². The van der Waals surface area contributed by atoms with Gasteiger partial charge in [0.2, 0.25) is 10.2 Å². The summed E-state index contributed by atoms with van der Waals surface area (Å²) in [7, 11) is 0. The van der Waals surface area contributed by atoms with Crippen LogP contribution in [0.3, 0.4) is 0 Å². The van der Waals surface area contributed by atoms with E-state index < -0.39 is 10.8 Å². The van der Waals surface area contributed by atoms with Gasteiger partial charge in [-0.1, -0.05) is 52.9 Å². The van der Waals surface area contributed by atoms with Gasteiger partial charge in [0, 0.05) is 10.8 Å². The molecule has 0 bridgehead atoms. The van der Waals surface area contributed by atoms with Gasteiger partial charge in [0.1, 0.15) is 0 Å². The van der Waals surface area contributed by atoms with E-state index in [4.69, 9.17) is 0 Å². The Kier molecular flexibility index (Phi) is 5.20. The summed E-state index contributed by atoms with van der Waals surface area (Å²) >= 11 is 3.46. The van der Waals surface area contributed by atoms with Crippen molar-refractivity contribution in [1.29, 1.82) is 0 Å². The molecule has 0 atom stereocenters. The molecule has 0 saturated heterocycles. The molecule has 19 heavy (non-hydrogen) atoms. The lowest BCUT2D eigenvalue weighted by Gasteiger charge is -2.14. The van der Waals surface area contributed by atoms with E-state index in [9.17, 15) is 9.59 Å². The summed E-state index contributed by atoms with van der Waals surface area (Å²) < 4.78 is 1.17. The Morgan fingerprint density at radius 2 is 1.16 bits per heavy atom. The molecule has 0 saturated carbocycles. The number of nitrogens with zero attached hydrogens (tertiary/aromatic N) is 2. The Bertz CT molecular complexity index is 441. The SMILES string of the molecule is CC(C)(C)C(=O)Sc1nnc(SC(=O)C(C)(C)C)s1. The third-order valence-corrected chi connectivity index (χ3v) is 5.59. The summed E-state index contributed by atoms with van der Waals surface area (Å²) in [6, 6.07) is 0. The number of hydrogen-bond donors (Lipinski definition) is 0. The summed E-state index contributed by atoms with van der Waals surface area (Å²) in [4.78, 5) is 23.7. The Labute approximate surface area is 126 Å². The Morgan fingerprint density at radius 3 is 1.42 bits per heavy atom. The quantitative estimate of drug-likeness (QED) is 0.772. The van der Waals surface area contributed by atoms with Gasteiger partial charge in [-0.25, -0.2) is 0 Å². The largest absolute Gasteiger partial charge is 0.286 e. The molecular formula is C12H18N2O2S3. The average Bonchev–Trinajstić information content (AvgIpc) is 2.62. The molecule has 1 aromatic heterocycles. The van der Waals surface area contributed by atoms with Gasteiger partial charge in [-0.3, -0.25) is 9.59 Å². The number of rotatable bonds is 2. The van der Waals surface area contributed by atoms with E-state index in [0.717, 1.165) is 23.5 Å². The monoisotopic (exact) mass is 318 g/mol. The van der Waals surface area contributed by atoms with Gasteiger partial charge in [0.25, 0.3) is 0 Å². The van der Waals surface area contributed by atoms with Crippen LogP contribution in [-0.4, -0.2) is 20.4 Å². The van der Waals surface area contributed by atoms with E-state index in [0.29, 0.717) is 8.68 Å². The Balaban J connectivity index is 2.69. The molecule has 0 aliphatic carbocycles. The van der Waals surface area contributed by atoms with Gasteiger partial charge in [0.15, 0.2) is 8.68 Å². The molecule has 0 fully saturated rings. The maximum absolute atomic E-state index is 11.9. The molecule has 0 aliphatic rings. The number of aromatic nitrogens is 2. The average molecular weight is 318 g/mol. The highest BCUT2D eigenvalue weighted by Crippen LogP contribution is 2.36. The van der Waals surface area contributed by atoms with Gasteiger partial charge in [-0.15, -0.1) is 10.2 Å². The van der Waals surface area contributed by atoms with E-state index in [1.807, 2.05) is 41.5 Å². The summed E-state index contributed by atoms with van der Waals surface area (Å²) in [6.07, 6.45) is 0. The molecule has 1 rings (SSSR count). The maximum atomic E-state index is 11.9. The molecule has 1 heterocycles. The lowest BCUT2D eigenvalue weighted by Crippen LogP contribution is -2.16. The van der Waals surface area contributed by atoms with Crippen LogP contribution in [0.4, 0.5) is 0 Å². The molecule has 0 aliphatic heterocycles. The Morgan fingerprint density at radius 1 is 0.842 bits per heavy atom. The minimum Gasteiger partial charge on any atom is -0.286 e. The molecule has 1 aromatic rings. The van der Waals surface area contributed by atoms with Crippen molar-refractivity contribution in [1.82, 2.24) is 10.2 Å². The number of carbonyl (C=O) groups excluding carboxylic acids is 2. The molecule has 7 heteroatoms. The van der Waals surface area contributed by atoms with E-state index in [1.165, 1.54) is 11.3 Å². The fraction of sp³-hybridized carbons (Fsp3) is 0.667. The summed E-state index contributed by atoms with van der Waals surface area (Å²) in [5.74, 6) is 0. The topological polar surface area (TPSA) is 59.9 Å². The van der Waals surface area contributed by atoms with Gasteiger partial charge in [-0.05, 0) is 23.5 Å². The standard InChI is InChI=1S/C12H18N2O2S3/c1-11(2,3)7(15)17-9-13-14-10(19-9)18-8(16)12(4,5)6/h1-6H3. The molecule has 0 spiro atoms. The van der Waals surface area contributed by atoms with Crippen LogP contribution >= 0.6 is 34.9 Å². The van der Waals surface area contributed by atoms with E-state index in [-0.39, 0.29) is 10.2 Å². The van der Waals surface area contributed by atoms with Crippen molar-refractivity contribution >= 4 is 45.1 Å². The summed E-state index contributed by atoms with van der Waals surface area (Å²) in [5, 5.41) is 7.97. The van der Waals surface area contributed by atoms with Crippen LogP contribution in [0, 0.1) is 10.8 Å². The molecule has 106 valence electrons. The smallest absolute Gasteiger partial charge is 0.201 e. The predicted molar refractivity (Wildman–Crippen MR) is 80.5 cm³/mol. The molecule has 0 radical (unpaired) electrons. The highest BCUT2D eigenvalue weighted by Gasteiger charge is 2.26. The van der Waals surface area contributed by atoms with Crippen LogP contribution in [0.15, 0.2) is 8.68 Å². The first-order chi connectivity index (χ1) is 8.50. The minimum absolute atomic E-state index is 0.0438. The van der Waals surface area contributed by atoms with Crippen molar-refractivity contribution < 1.29 is 9.59 Å². The van der Waals surface area contributed by atoms with E-state index in [2.05, 4.69) is 10.2 Å². The molecule has 0 unspecified atom stereocenters. The van der Waals surface area contributed by atoms with Crippen LogP contribution in [-0.2, 0) is 9.59 Å². The van der Waals surface area contributed by atoms with Crippen molar-refractivity contribution in [2.24, 2.45) is 10.8 Å². The first-order valence-corrected chi connectivity index (χ1v) is 8.23. The van der Waals surface area contributed by atoms with Gasteiger partial charge in [-0.2, -0.15) is 0 Å². The highest BCUT2D eigenvalue weighted by molar-refractivity contribution is 8.16. The summed E-state index contributed by atoms with van der Waals surface area (Å²) in [5.41, 5.74) is -0.824. The van der Waals surface area contributed by atoms with E-state index in [1.54, 1.807) is 0 Å².